The van der Waals surface area contributed by atoms with Gasteiger partial charge in [0.1, 0.15) is 11.9 Å². The third kappa shape index (κ3) is 4.34. The summed E-state index contributed by atoms with van der Waals surface area (Å²) in [6.45, 7) is 2.89. The van der Waals surface area contributed by atoms with Crippen LogP contribution in [0.2, 0.25) is 0 Å². The molecule has 0 saturated carbocycles. The summed E-state index contributed by atoms with van der Waals surface area (Å²) in [5.74, 6) is 0.692. The van der Waals surface area contributed by atoms with Crippen LogP contribution in [-0.4, -0.2) is 43.2 Å². The van der Waals surface area contributed by atoms with E-state index in [0.29, 0.717) is 25.1 Å². The molecular formula is C22H24FN3O2. The molecule has 2 aliphatic rings. The molecular weight excluding hydrogens is 357 g/mol. The van der Waals surface area contributed by atoms with Crippen LogP contribution in [0.3, 0.4) is 0 Å². The number of hydrogen-bond acceptors (Lipinski definition) is 4. The van der Waals surface area contributed by atoms with Crippen LogP contribution in [0.25, 0.3) is 5.57 Å². The average molecular weight is 381 g/mol. The lowest BCUT2D eigenvalue weighted by atomic mass is 10.1. The number of nitrogens with one attached hydrogen (secondary N) is 2. The molecule has 146 valence electrons. The Morgan fingerprint density at radius 2 is 2.04 bits per heavy atom. The maximum absolute atomic E-state index is 13.1. The van der Waals surface area contributed by atoms with E-state index < -0.39 is 6.17 Å². The second-order valence-corrected chi connectivity index (χ2v) is 7.12. The molecule has 1 amide bonds. The number of rotatable bonds is 7. The van der Waals surface area contributed by atoms with Gasteiger partial charge < -0.3 is 20.3 Å². The summed E-state index contributed by atoms with van der Waals surface area (Å²) >= 11 is 0. The Bertz CT molecular complexity index is 866. The minimum Gasteiger partial charge on any atom is -0.494 e. The van der Waals surface area contributed by atoms with Crippen molar-refractivity contribution in [3.63, 3.8) is 0 Å². The van der Waals surface area contributed by atoms with Gasteiger partial charge in [-0.05, 0) is 43.2 Å². The number of carbonyl (C=O) groups is 1. The van der Waals surface area contributed by atoms with Crippen LogP contribution in [0.15, 0.2) is 54.7 Å². The first-order chi connectivity index (χ1) is 13.7. The van der Waals surface area contributed by atoms with E-state index in [9.17, 15) is 9.18 Å². The van der Waals surface area contributed by atoms with E-state index in [-0.39, 0.29) is 5.91 Å². The van der Waals surface area contributed by atoms with E-state index in [1.807, 2.05) is 48.5 Å². The zero-order chi connectivity index (χ0) is 19.3. The van der Waals surface area contributed by atoms with Crippen LogP contribution in [0.5, 0.6) is 5.75 Å². The molecule has 2 aromatic rings. The summed E-state index contributed by atoms with van der Waals surface area (Å²) in [6.07, 6.45) is 2.59. The number of halogens is 1. The fraction of sp³-hybridized carbons (Fsp3) is 0.318. The van der Waals surface area contributed by atoms with Gasteiger partial charge in [-0.25, -0.2) is 4.39 Å². The Morgan fingerprint density at radius 3 is 2.82 bits per heavy atom. The number of carbonyl (C=O) groups excluding carboxylic acids is 1. The number of hydrogen-bond donors (Lipinski definition) is 2. The molecule has 28 heavy (non-hydrogen) atoms. The first-order valence-corrected chi connectivity index (χ1v) is 9.66. The van der Waals surface area contributed by atoms with Crippen molar-refractivity contribution < 1.29 is 13.9 Å². The lowest BCUT2D eigenvalue weighted by Gasteiger charge is -2.14. The van der Waals surface area contributed by atoms with Gasteiger partial charge in [-0.15, -0.1) is 0 Å². The molecule has 0 bridgehead atoms. The van der Waals surface area contributed by atoms with Crippen LogP contribution >= 0.6 is 0 Å². The second-order valence-electron chi connectivity index (χ2n) is 7.12. The lowest BCUT2D eigenvalue weighted by Crippen LogP contribution is -2.23. The lowest BCUT2D eigenvalue weighted by molar-refractivity contribution is -0.110. The predicted molar refractivity (Wildman–Crippen MR) is 109 cm³/mol. The second kappa shape index (κ2) is 8.44. The van der Waals surface area contributed by atoms with E-state index in [1.54, 1.807) is 6.20 Å². The number of anilines is 2. The summed E-state index contributed by atoms with van der Waals surface area (Å²) in [7, 11) is 0. The molecule has 2 aliphatic heterocycles. The van der Waals surface area contributed by atoms with E-state index in [4.69, 9.17) is 4.74 Å². The summed E-state index contributed by atoms with van der Waals surface area (Å²) in [4.78, 5) is 14.2. The monoisotopic (exact) mass is 381 g/mol. The Labute approximate surface area is 164 Å². The number of nitrogens with zero attached hydrogens (tertiary/aromatic N) is 1. The van der Waals surface area contributed by atoms with Gasteiger partial charge in [0.2, 0.25) is 0 Å². The van der Waals surface area contributed by atoms with Gasteiger partial charge in [-0.3, -0.25) is 4.79 Å². The molecule has 1 unspecified atom stereocenters. The quantitative estimate of drug-likeness (QED) is 0.564. The summed E-state index contributed by atoms with van der Waals surface area (Å²) in [5, 5.41) is 6.03. The fourth-order valence-electron chi connectivity index (χ4n) is 3.55. The van der Waals surface area contributed by atoms with Crippen molar-refractivity contribution in [3.8, 4) is 5.75 Å². The molecule has 1 saturated heterocycles. The highest BCUT2D eigenvalue weighted by molar-refractivity contribution is 6.31. The van der Waals surface area contributed by atoms with E-state index in [0.717, 1.165) is 42.2 Å². The van der Waals surface area contributed by atoms with Crippen molar-refractivity contribution in [3.05, 3.63) is 60.3 Å². The molecule has 0 aromatic heterocycles. The van der Waals surface area contributed by atoms with Crippen molar-refractivity contribution in [1.82, 2.24) is 4.90 Å². The van der Waals surface area contributed by atoms with E-state index in [2.05, 4.69) is 15.5 Å². The topological polar surface area (TPSA) is 53.6 Å². The number of benzene rings is 2. The first kappa shape index (κ1) is 18.5. The number of alkyl halides is 1. The molecule has 4 rings (SSSR count). The molecule has 1 fully saturated rings. The molecule has 0 spiro atoms. The average Bonchev–Trinajstić information content (AvgIpc) is 3.26. The minimum atomic E-state index is -0.667. The van der Waals surface area contributed by atoms with Crippen LogP contribution in [-0.2, 0) is 4.79 Å². The maximum Gasteiger partial charge on any atom is 0.257 e. The maximum atomic E-state index is 13.1. The number of ether oxygens (including phenoxy) is 1. The number of amides is 1. The Morgan fingerprint density at radius 1 is 1.21 bits per heavy atom. The van der Waals surface area contributed by atoms with E-state index in [1.165, 1.54) is 0 Å². The highest BCUT2D eigenvalue weighted by Gasteiger charge is 2.23. The standard InChI is InChI=1S/C22H24FN3O2/c23-16-10-12-26(15-16)11-3-13-28-18-8-6-17(7-9-18)24-14-20-19-4-1-2-5-21(19)25-22(20)27/h1-2,4-9,14,16,24H,3,10-13,15H2,(H,25,27). The van der Waals surface area contributed by atoms with Gasteiger partial charge in [-0.1, -0.05) is 18.2 Å². The normalized spacial score (nSPS) is 20.2. The van der Waals surface area contributed by atoms with Gasteiger partial charge >= 0.3 is 0 Å². The number of para-hydroxylation sites is 1. The molecule has 2 heterocycles. The molecule has 2 aromatic carbocycles. The minimum absolute atomic E-state index is 0.106. The Kier molecular flexibility index (Phi) is 5.58. The van der Waals surface area contributed by atoms with Crippen LogP contribution in [0, 0.1) is 0 Å². The smallest absolute Gasteiger partial charge is 0.257 e. The summed E-state index contributed by atoms with van der Waals surface area (Å²) < 4.78 is 18.9. The Hall–Kier alpha value is -2.86. The largest absolute Gasteiger partial charge is 0.494 e. The van der Waals surface area contributed by atoms with Crippen molar-refractivity contribution >= 4 is 22.9 Å². The third-order valence-corrected chi connectivity index (χ3v) is 5.05. The molecule has 0 aliphatic carbocycles. The molecule has 5 nitrogen and oxygen atoms in total. The molecule has 1 atom stereocenters. The first-order valence-electron chi connectivity index (χ1n) is 9.66. The molecule has 2 N–H and O–H groups in total. The zero-order valence-corrected chi connectivity index (χ0v) is 15.7. The van der Waals surface area contributed by atoms with Crippen molar-refractivity contribution in [1.29, 1.82) is 0 Å². The van der Waals surface area contributed by atoms with Crippen LogP contribution in [0.1, 0.15) is 18.4 Å². The van der Waals surface area contributed by atoms with E-state index >= 15 is 0 Å². The van der Waals surface area contributed by atoms with Crippen molar-refractivity contribution in [2.24, 2.45) is 0 Å². The number of fused-ring (bicyclic) bond motifs is 1. The van der Waals surface area contributed by atoms with Crippen molar-refractivity contribution in [2.75, 3.05) is 36.9 Å². The van der Waals surface area contributed by atoms with Crippen molar-refractivity contribution in [2.45, 2.75) is 19.0 Å². The van der Waals surface area contributed by atoms with Gasteiger partial charge in [-0.2, -0.15) is 0 Å². The van der Waals surface area contributed by atoms with Gasteiger partial charge in [0.05, 0.1) is 12.2 Å². The summed E-state index contributed by atoms with van der Waals surface area (Å²) in [6, 6.07) is 15.3. The van der Waals surface area contributed by atoms with Gasteiger partial charge in [0.15, 0.2) is 0 Å². The molecule has 0 radical (unpaired) electrons. The molecule has 6 heteroatoms. The zero-order valence-electron chi connectivity index (χ0n) is 15.7. The highest BCUT2D eigenvalue weighted by Crippen LogP contribution is 2.31. The highest BCUT2D eigenvalue weighted by atomic mass is 19.1. The van der Waals surface area contributed by atoms with Gasteiger partial charge in [0.25, 0.3) is 5.91 Å². The third-order valence-electron chi connectivity index (χ3n) is 5.05. The SMILES string of the molecule is O=C1Nc2ccccc2C1=CNc1ccc(OCCCN2CCC(F)C2)cc1. The Balaban J connectivity index is 1.26. The predicted octanol–water partition coefficient (Wildman–Crippen LogP) is 3.90. The fourth-order valence-corrected chi connectivity index (χ4v) is 3.55. The van der Waals surface area contributed by atoms with Gasteiger partial charge in [0, 0.05) is 42.8 Å². The summed E-state index contributed by atoms with van der Waals surface area (Å²) in [5.41, 5.74) is 3.23. The van der Waals surface area contributed by atoms with Crippen LogP contribution in [0.4, 0.5) is 15.8 Å². The van der Waals surface area contributed by atoms with Crippen LogP contribution < -0.4 is 15.4 Å². The number of likely N-dealkylation sites (tertiary alicyclic amines) is 1.